The van der Waals surface area contributed by atoms with Crippen LogP contribution in [0.2, 0.25) is 0 Å². The van der Waals surface area contributed by atoms with Crippen molar-refractivity contribution in [3.63, 3.8) is 0 Å². The number of hydrogen-bond donors (Lipinski definition) is 2. The molecule has 2 aromatic rings. The molecule has 0 spiro atoms. The van der Waals surface area contributed by atoms with Crippen LogP contribution in [0.3, 0.4) is 0 Å². The Morgan fingerprint density at radius 3 is 2.46 bits per heavy atom. The monoisotopic (exact) mass is 354 g/mol. The molecule has 138 valence electrons. The Morgan fingerprint density at radius 1 is 1.04 bits per heavy atom. The number of hydrogen-bond acceptors (Lipinski definition) is 4. The van der Waals surface area contributed by atoms with E-state index in [4.69, 9.17) is 0 Å². The van der Waals surface area contributed by atoms with Crippen molar-refractivity contribution in [3.05, 3.63) is 48.0 Å². The molecule has 1 aliphatic rings. The first-order valence-electron chi connectivity index (χ1n) is 9.04. The van der Waals surface area contributed by atoms with E-state index in [-0.39, 0.29) is 11.9 Å². The minimum absolute atomic E-state index is 0.258. The van der Waals surface area contributed by atoms with Gasteiger partial charge in [-0.05, 0) is 23.3 Å². The predicted octanol–water partition coefficient (Wildman–Crippen LogP) is 1.80. The first kappa shape index (κ1) is 18.4. The highest BCUT2D eigenvalue weighted by Crippen LogP contribution is 2.20. The number of imide groups is 1. The maximum atomic E-state index is 12.1. The molecule has 0 aromatic heterocycles. The third kappa shape index (κ3) is 4.20. The molecule has 3 amide bonds. The van der Waals surface area contributed by atoms with Crippen molar-refractivity contribution in [1.82, 2.24) is 20.4 Å². The van der Waals surface area contributed by atoms with E-state index in [2.05, 4.69) is 62.9 Å². The Morgan fingerprint density at radius 2 is 1.73 bits per heavy atom. The Bertz CT molecular complexity index is 779. The lowest BCUT2D eigenvalue weighted by Gasteiger charge is -2.37. The number of benzene rings is 2. The van der Waals surface area contributed by atoms with Gasteiger partial charge in [0.15, 0.2) is 0 Å². The van der Waals surface area contributed by atoms with Crippen LogP contribution >= 0.6 is 0 Å². The summed E-state index contributed by atoms with van der Waals surface area (Å²) in [6.07, 6.45) is 0. The molecule has 1 atom stereocenters. The highest BCUT2D eigenvalue weighted by atomic mass is 16.2. The van der Waals surface area contributed by atoms with Gasteiger partial charge in [-0.1, -0.05) is 42.5 Å². The quantitative estimate of drug-likeness (QED) is 0.879. The minimum atomic E-state index is -0.462. The van der Waals surface area contributed by atoms with Crippen molar-refractivity contribution in [2.45, 2.75) is 19.5 Å². The first-order valence-corrected chi connectivity index (χ1v) is 9.04. The standard InChI is InChI=1S/C20H26N4O2/c1-15(19(25)22-20(26)21-2)24-12-10-23(11-13-24)14-17-8-5-7-16-6-3-4-9-18(16)17/h3-9,15H,10-14H2,1-2H3,(H2,21,22,25,26)/t15-/m0/s1. The largest absolute Gasteiger partial charge is 0.341 e. The topological polar surface area (TPSA) is 64.7 Å². The second-order valence-corrected chi connectivity index (χ2v) is 6.69. The summed E-state index contributed by atoms with van der Waals surface area (Å²) in [6, 6.07) is 14.1. The van der Waals surface area contributed by atoms with Gasteiger partial charge in [-0.2, -0.15) is 0 Å². The molecule has 1 saturated heterocycles. The number of fused-ring (bicyclic) bond motifs is 1. The van der Waals surface area contributed by atoms with E-state index in [1.54, 1.807) is 0 Å². The summed E-state index contributed by atoms with van der Waals surface area (Å²) < 4.78 is 0. The number of amides is 3. The zero-order chi connectivity index (χ0) is 18.5. The van der Waals surface area contributed by atoms with Gasteiger partial charge in [-0.15, -0.1) is 0 Å². The predicted molar refractivity (Wildman–Crippen MR) is 103 cm³/mol. The van der Waals surface area contributed by atoms with Crippen molar-refractivity contribution in [1.29, 1.82) is 0 Å². The van der Waals surface area contributed by atoms with Crippen molar-refractivity contribution in [2.24, 2.45) is 0 Å². The van der Waals surface area contributed by atoms with Crippen LogP contribution in [-0.4, -0.2) is 61.0 Å². The number of carbonyl (C=O) groups is 2. The van der Waals surface area contributed by atoms with Gasteiger partial charge in [0.1, 0.15) is 0 Å². The maximum Gasteiger partial charge on any atom is 0.321 e. The average Bonchev–Trinajstić information content (AvgIpc) is 2.68. The number of piperazine rings is 1. The Labute approximate surface area is 154 Å². The van der Waals surface area contributed by atoms with Gasteiger partial charge < -0.3 is 5.32 Å². The minimum Gasteiger partial charge on any atom is -0.341 e. The van der Waals surface area contributed by atoms with E-state index in [1.165, 1.54) is 23.4 Å². The van der Waals surface area contributed by atoms with Crippen molar-refractivity contribution in [3.8, 4) is 0 Å². The van der Waals surface area contributed by atoms with Crippen molar-refractivity contribution >= 4 is 22.7 Å². The number of nitrogens with one attached hydrogen (secondary N) is 2. The summed E-state index contributed by atoms with van der Waals surface area (Å²) in [6.45, 7) is 6.19. The molecule has 0 bridgehead atoms. The number of nitrogens with zero attached hydrogens (tertiary/aromatic N) is 2. The van der Waals surface area contributed by atoms with Gasteiger partial charge in [0.2, 0.25) is 5.91 Å². The SMILES string of the molecule is CNC(=O)NC(=O)[C@H](C)N1CCN(Cc2cccc3ccccc23)CC1. The Balaban J connectivity index is 1.57. The zero-order valence-corrected chi connectivity index (χ0v) is 15.4. The molecule has 0 unspecified atom stereocenters. The van der Waals surface area contributed by atoms with Gasteiger partial charge in [0.05, 0.1) is 6.04 Å². The van der Waals surface area contributed by atoms with Crippen LogP contribution in [0.1, 0.15) is 12.5 Å². The molecule has 0 aliphatic carbocycles. The molecule has 26 heavy (non-hydrogen) atoms. The van der Waals surface area contributed by atoms with E-state index >= 15 is 0 Å². The molecule has 1 fully saturated rings. The van der Waals surface area contributed by atoms with E-state index in [0.29, 0.717) is 0 Å². The summed E-state index contributed by atoms with van der Waals surface area (Å²) >= 11 is 0. The Kier molecular flexibility index (Phi) is 5.85. The van der Waals surface area contributed by atoms with E-state index in [1.807, 2.05) is 6.92 Å². The molecule has 2 aromatic carbocycles. The normalized spacial score (nSPS) is 17.0. The van der Waals surface area contributed by atoms with E-state index in [0.717, 1.165) is 32.7 Å². The van der Waals surface area contributed by atoms with Gasteiger partial charge in [0, 0.05) is 39.8 Å². The molecule has 1 aliphatic heterocycles. The van der Waals surface area contributed by atoms with Crippen LogP contribution in [0.5, 0.6) is 0 Å². The lowest BCUT2D eigenvalue weighted by Crippen LogP contribution is -2.55. The van der Waals surface area contributed by atoms with E-state index < -0.39 is 6.03 Å². The summed E-state index contributed by atoms with van der Waals surface area (Å²) in [4.78, 5) is 27.9. The fourth-order valence-electron chi connectivity index (χ4n) is 3.42. The maximum absolute atomic E-state index is 12.1. The van der Waals surface area contributed by atoms with E-state index in [9.17, 15) is 9.59 Å². The third-order valence-corrected chi connectivity index (χ3v) is 5.07. The summed E-state index contributed by atoms with van der Waals surface area (Å²) in [5.74, 6) is -0.258. The molecule has 2 N–H and O–H groups in total. The Hall–Kier alpha value is -2.44. The fourth-order valence-corrected chi connectivity index (χ4v) is 3.42. The summed E-state index contributed by atoms with van der Waals surface area (Å²) in [5.41, 5.74) is 1.34. The summed E-state index contributed by atoms with van der Waals surface area (Å²) in [5, 5.41) is 7.33. The third-order valence-electron chi connectivity index (χ3n) is 5.07. The van der Waals surface area contributed by atoms with Crippen LogP contribution in [0, 0.1) is 0 Å². The van der Waals surface area contributed by atoms with Crippen LogP contribution in [-0.2, 0) is 11.3 Å². The molecular weight excluding hydrogens is 328 g/mol. The lowest BCUT2D eigenvalue weighted by atomic mass is 10.0. The van der Waals surface area contributed by atoms with Crippen LogP contribution in [0.4, 0.5) is 4.79 Å². The van der Waals surface area contributed by atoms with Crippen LogP contribution in [0.25, 0.3) is 10.8 Å². The second kappa shape index (κ2) is 8.29. The number of carbonyl (C=O) groups excluding carboxylic acids is 2. The van der Waals surface area contributed by atoms with Crippen molar-refractivity contribution in [2.75, 3.05) is 33.2 Å². The van der Waals surface area contributed by atoms with Crippen molar-refractivity contribution < 1.29 is 9.59 Å². The first-order chi connectivity index (χ1) is 12.6. The number of rotatable bonds is 4. The van der Waals surface area contributed by atoms with Gasteiger partial charge in [-0.25, -0.2) is 4.79 Å². The zero-order valence-electron chi connectivity index (χ0n) is 15.4. The highest BCUT2D eigenvalue weighted by molar-refractivity contribution is 5.96. The fraction of sp³-hybridized carbons (Fsp3) is 0.400. The van der Waals surface area contributed by atoms with Gasteiger partial charge >= 0.3 is 6.03 Å². The molecule has 6 nitrogen and oxygen atoms in total. The molecule has 3 rings (SSSR count). The summed E-state index contributed by atoms with van der Waals surface area (Å²) in [7, 11) is 1.50. The average molecular weight is 354 g/mol. The van der Waals surface area contributed by atoms with Gasteiger partial charge in [0.25, 0.3) is 0 Å². The molecule has 0 saturated carbocycles. The highest BCUT2D eigenvalue weighted by Gasteiger charge is 2.26. The molecule has 1 heterocycles. The lowest BCUT2D eigenvalue weighted by molar-refractivity contribution is -0.125. The van der Waals surface area contributed by atoms with Crippen LogP contribution in [0.15, 0.2) is 42.5 Å². The molecular formula is C20H26N4O2. The second-order valence-electron chi connectivity index (χ2n) is 6.69. The molecule has 0 radical (unpaired) electrons. The molecule has 6 heteroatoms. The van der Waals surface area contributed by atoms with Gasteiger partial charge in [-0.3, -0.25) is 19.9 Å². The smallest absolute Gasteiger partial charge is 0.321 e. The van der Waals surface area contributed by atoms with Crippen LogP contribution < -0.4 is 10.6 Å². The number of urea groups is 1.